The Bertz CT molecular complexity index is 630. The van der Waals surface area contributed by atoms with E-state index in [1.54, 1.807) is 0 Å². The molecule has 1 unspecified atom stereocenters. The van der Waals surface area contributed by atoms with Crippen LogP contribution in [0.5, 0.6) is 5.75 Å². The van der Waals surface area contributed by atoms with Crippen molar-refractivity contribution in [3.63, 3.8) is 0 Å². The van der Waals surface area contributed by atoms with E-state index in [0.717, 1.165) is 16.4 Å². The molecule has 140 valence electrons. The Morgan fingerprint density at radius 2 is 1.92 bits per heavy atom. The van der Waals surface area contributed by atoms with E-state index in [0.29, 0.717) is 6.42 Å². The normalized spacial score (nSPS) is 13.2. The molecule has 0 amide bonds. The summed E-state index contributed by atoms with van der Waals surface area (Å²) in [7, 11) is -2.35. The fourth-order valence-electron chi connectivity index (χ4n) is 1.80. The molecular weight excluding hydrogens is 385 g/mol. The number of halogens is 4. The molecule has 10 heteroatoms. The summed E-state index contributed by atoms with van der Waals surface area (Å²) >= 11 is 5.79. The van der Waals surface area contributed by atoms with Crippen LogP contribution in [0.2, 0.25) is 5.02 Å². The maximum absolute atomic E-state index is 12.4. The van der Waals surface area contributed by atoms with E-state index in [9.17, 15) is 17.2 Å². The lowest BCUT2D eigenvalue weighted by Crippen LogP contribution is -2.34. The number of alkyl halides is 2. The number of benzene rings is 1. The Morgan fingerprint density at radius 1 is 1.33 bits per heavy atom. The van der Waals surface area contributed by atoms with Gasteiger partial charge < -0.3 is 10.5 Å². The Kier molecular flexibility index (Phi) is 9.45. The van der Waals surface area contributed by atoms with Gasteiger partial charge in [-0.1, -0.05) is 25.4 Å². The molecule has 0 saturated carbocycles. The summed E-state index contributed by atoms with van der Waals surface area (Å²) < 4.78 is 54.6. The molecule has 0 radical (unpaired) electrons. The van der Waals surface area contributed by atoms with Crippen LogP contribution in [0.3, 0.4) is 0 Å². The highest BCUT2D eigenvalue weighted by atomic mass is 35.5. The summed E-state index contributed by atoms with van der Waals surface area (Å²) in [5, 5.41) is -0.196. The minimum Gasteiger partial charge on any atom is -0.433 e. The summed E-state index contributed by atoms with van der Waals surface area (Å²) in [5.41, 5.74) is 5.91. The number of rotatable bonds is 8. The highest BCUT2D eigenvalue weighted by Gasteiger charge is 2.23. The first-order valence-electron chi connectivity index (χ1n) is 7.02. The van der Waals surface area contributed by atoms with Crippen molar-refractivity contribution in [3.05, 3.63) is 23.2 Å². The SMILES string of the molecule is CC(C)C(N)CCN(C)S(=O)(=O)c1ccc(OC(F)F)c(Cl)c1.Cl. The highest BCUT2D eigenvalue weighted by molar-refractivity contribution is 7.89. The second-order valence-corrected chi connectivity index (χ2v) is 7.95. The molecule has 24 heavy (non-hydrogen) atoms. The lowest BCUT2D eigenvalue weighted by molar-refractivity contribution is -0.0498. The van der Waals surface area contributed by atoms with Crippen LogP contribution in [0.4, 0.5) is 8.78 Å². The third-order valence-electron chi connectivity index (χ3n) is 3.46. The van der Waals surface area contributed by atoms with Gasteiger partial charge in [-0.15, -0.1) is 12.4 Å². The summed E-state index contributed by atoms with van der Waals surface area (Å²) in [6, 6.07) is 3.26. The lowest BCUT2D eigenvalue weighted by Gasteiger charge is -2.21. The van der Waals surface area contributed by atoms with Gasteiger partial charge in [-0.2, -0.15) is 8.78 Å². The first-order valence-corrected chi connectivity index (χ1v) is 8.83. The number of hydrogen-bond acceptors (Lipinski definition) is 4. The molecule has 0 bridgehead atoms. The van der Waals surface area contributed by atoms with Gasteiger partial charge in [0.1, 0.15) is 5.75 Å². The molecule has 0 saturated heterocycles. The van der Waals surface area contributed by atoms with Crippen LogP contribution < -0.4 is 10.5 Å². The first kappa shape index (κ1) is 23.3. The van der Waals surface area contributed by atoms with Crippen molar-refractivity contribution < 1.29 is 21.9 Å². The second-order valence-electron chi connectivity index (χ2n) is 5.49. The molecule has 5 nitrogen and oxygen atoms in total. The van der Waals surface area contributed by atoms with E-state index in [1.807, 2.05) is 13.8 Å². The van der Waals surface area contributed by atoms with Gasteiger partial charge in [0.05, 0.1) is 9.92 Å². The minimum absolute atomic E-state index is 0. The molecule has 0 aliphatic carbocycles. The van der Waals surface area contributed by atoms with E-state index >= 15 is 0 Å². The third kappa shape index (κ3) is 6.33. The molecule has 1 aromatic rings. The van der Waals surface area contributed by atoms with E-state index < -0.39 is 16.6 Å². The predicted molar refractivity (Wildman–Crippen MR) is 92.6 cm³/mol. The fourth-order valence-corrected chi connectivity index (χ4v) is 3.30. The van der Waals surface area contributed by atoms with Crippen molar-refractivity contribution in [2.75, 3.05) is 13.6 Å². The Balaban J connectivity index is 0.00000529. The molecule has 1 atom stereocenters. The predicted octanol–water partition coefficient (Wildman–Crippen LogP) is 3.36. The molecule has 1 rings (SSSR count). The molecule has 0 aliphatic rings. The van der Waals surface area contributed by atoms with Crippen molar-refractivity contribution in [2.45, 2.75) is 37.8 Å². The molecule has 0 spiro atoms. The van der Waals surface area contributed by atoms with Gasteiger partial charge >= 0.3 is 6.61 Å². The third-order valence-corrected chi connectivity index (χ3v) is 5.61. The smallest absolute Gasteiger partial charge is 0.387 e. The van der Waals surface area contributed by atoms with Gasteiger partial charge in [-0.3, -0.25) is 0 Å². The van der Waals surface area contributed by atoms with Gasteiger partial charge in [0.25, 0.3) is 0 Å². The zero-order chi connectivity index (χ0) is 17.8. The van der Waals surface area contributed by atoms with Crippen molar-refractivity contribution in [1.82, 2.24) is 4.31 Å². The van der Waals surface area contributed by atoms with Crippen molar-refractivity contribution >= 4 is 34.0 Å². The van der Waals surface area contributed by atoms with Crippen molar-refractivity contribution in [3.8, 4) is 5.75 Å². The summed E-state index contributed by atoms with van der Waals surface area (Å²) in [6.45, 7) is 1.13. The largest absolute Gasteiger partial charge is 0.433 e. The average Bonchev–Trinajstić information content (AvgIpc) is 2.45. The summed E-state index contributed by atoms with van der Waals surface area (Å²) in [4.78, 5) is -0.0928. The average molecular weight is 407 g/mol. The minimum atomic E-state index is -3.78. The maximum atomic E-state index is 12.4. The summed E-state index contributed by atoms with van der Waals surface area (Å²) in [5.74, 6) is -0.0311. The van der Waals surface area contributed by atoms with Crippen LogP contribution in [0.15, 0.2) is 23.1 Å². The standard InChI is InChI=1S/C14H21ClF2N2O3S.ClH/c1-9(2)12(18)6-7-19(3)23(20,21)10-4-5-13(11(15)8-10)22-14(16)17;/h4-5,8-9,12,14H,6-7,18H2,1-3H3;1H. The summed E-state index contributed by atoms with van der Waals surface area (Å²) in [6.07, 6.45) is 0.508. The van der Waals surface area contributed by atoms with E-state index in [4.69, 9.17) is 17.3 Å². The van der Waals surface area contributed by atoms with E-state index in [-0.39, 0.29) is 46.6 Å². The van der Waals surface area contributed by atoms with Crippen LogP contribution >= 0.6 is 24.0 Å². The Morgan fingerprint density at radius 3 is 2.38 bits per heavy atom. The van der Waals surface area contributed by atoms with Crippen LogP contribution in [0, 0.1) is 5.92 Å². The Labute approximate surface area is 152 Å². The monoisotopic (exact) mass is 406 g/mol. The zero-order valence-electron chi connectivity index (χ0n) is 13.6. The fraction of sp³-hybridized carbons (Fsp3) is 0.571. The lowest BCUT2D eigenvalue weighted by atomic mass is 10.0. The van der Waals surface area contributed by atoms with Gasteiger partial charge in [0, 0.05) is 19.6 Å². The maximum Gasteiger partial charge on any atom is 0.387 e. The van der Waals surface area contributed by atoms with Crippen LogP contribution in [0.1, 0.15) is 20.3 Å². The van der Waals surface area contributed by atoms with Gasteiger partial charge in [0.15, 0.2) is 0 Å². The molecule has 0 aliphatic heterocycles. The number of ether oxygens (including phenoxy) is 1. The molecule has 1 aromatic carbocycles. The number of nitrogens with zero attached hydrogens (tertiary/aromatic N) is 1. The molecule has 0 fully saturated rings. The zero-order valence-corrected chi connectivity index (χ0v) is 16.0. The van der Waals surface area contributed by atoms with E-state index in [2.05, 4.69) is 4.74 Å². The second kappa shape index (κ2) is 9.72. The first-order chi connectivity index (χ1) is 10.6. The number of hydrogen-bond donors (Lipinski definition) is 1. The van der Waals surface area contributed by atoms with Crippen LogP contribution in [0.25, 0.3) is 0 Å². The quantitative estimate of drug-likeness (QED) is 0.718. The topological polar surface area (TPSA) is 72.6 Å². The molecule has 0 aromatic heterocycles. The molecule has 2 N–H and O–H groups in total. The highest BCUT2D eigenvalue weighted by Crippen LogP contribution is 2.29. The van der Waals surface area contributed by atoms with Crippen LogP contribution in [-0.2, 0) is 10.0 Å². The van der Waals surface area contributed by atoms with Gasteiger partial charge in [-0.25, -0.2) is 12.7 Å². The van der Waals surface area contributed by atoms with Gasteiger partial charge in [-0.05, 0) is 30.5 Å². The number of sulfonamides is 1. The van der Waals surface area contributed by atoms with E-state index in [1.165, 1.54) is 13.1 Å². The van der Waals surface area contributed by atoms with Gasteiger partial charge in [0.2, 0.25) is 10.0 Å². The number of nitrogens with two attached hydrogens (primary N) is 1. The van der Waals surface area contributed by atoms with Crippen LogP contribution in [-0.4, -0.2) is 39.0 Å². The molecular formula is C14H22Cl2F2N2O3S. The van der Waals surface area contributed by atoms with Crippen molar-refractivity contribution in [1.29, 1.82) is 0 Å². The molecule has 0 heterocycles. The van der Waals surface area contributed by atoms with Crippen molar-refractivity contribution in [2.24, 2.45) is 11.7 Å². The Hall–Kier alpha value is -0.670.